The minimum absolute atomic E-state index is 0.357. The Kier molecular flexibility index (Phi) is 4.82. The third kappa shape index (κ3) is 3.37. The highest BCUT2D eigenvalue weighted by Gasteiger charge is 2.54. The molecule has 1 fully saturated rings. The van der Waals surface area contributed by atoms with E-state index in [1.807, 2.05) is 24.3 Å². The van der Waals surface area contributed by atoms with Crippen LogP contribution in [0.2, 0.25) is 0 Å². The molecule has 1 saturated heterocycles. The second-order valence-corrected chi connectivity index (χ2v) is 7.58. The molecule has 2 N–H and O–H groups in total. The van der Waals surface area contributed by atoms with Crippen LogP contribution in [0, 0.1) is 5.82 Å². The molecule has 0 aromatic heterocycles. The Morgan fingerprint density at radius 3 is 2.69 bits per heavy atom. The molecule has 1 spiro atoms. The first-order valence-electron chi connectivity index (χ1n) is 9.68. The number of carbonyl (C=O) groups is 3. The number of hydrogen-bond acceptors (Lipinski definition) is 3. The van der Waals surface area contributed by atoms with Crippen LogP contribution in [0.25, 0.3) is 0 Å². The topological polar surface area (TPSA) is 78.5 Å². The molecule has 4 amide bonds. The predicted octanol–water partition coefficient (Wildman–Crippen LogP) is 2.79. The van der Waals surface area contributed by atoms with E-state index in [2.05, 4.69) is 10.6 Å². The lowest BCUT2D eigenvalue weighted by Crippen LogP contribution is -2.47. The maximum atomic E-state index is 13.2. The van der Waals surface area contributed by atoms with E-state index in [1.165, 1.54) is 12.1 Å². The molecule has 2 atom stereocenters. The largest absolute Gasteiger partial charge is 0.348 e. The van der Waals surface area contributed by atoms with Gasteiger partial charge in [0.05, 0.1) is 6.04 Å². The van der Waals surface area contributed by atoms with E-state index < -0.39 is 17.5 Å². The number of rotatable bonds is 4. The van der Waals surface area contributed by atoms with Gasteiger partial charge in [-0.3, -0.25) is 14.5 Å². The van der Waals surface area contributed by atoms with Crippen molar-refractivity contribution in [2.75, 3.05) is 6.54 Å². The van der Waals surface area contributed by atoms with Gasteiger partial charge in [-0.1, -0.05) is 36.4 Å². The van der Waals surface area contributed by atoms with Gasteiger partial charge in [0.1, 0.15) is 17.9 Å². The minimum atomic E-state index is -1.09. The molecular weight excluding hydrogens is 373 g/mol. The summed E-state index contributed by atoms with van der Waals surface area (Å²) >= 11 is 0. The Bertz CT molecular complexity index is 976. The summed E-state index contributed by atoms with van der Waals surface area (Å²) in [7, 11) is 0. The van der Waals surface area contributed by atoms with Crippen LogP contribution in [-0.2, 0) is 21.5 Å². The molecule has 150 valence electrons. The van der Waals surface area contributed by atoms with Crippen LogP contribution in [0.5, 0.6) is 0 Å². The average molecular weight is 395 g/mol. The van der Waals surface area contributed by atoms with Crippen LogP contribution >= 0.6 is 0 Å². The lowest BCUT2D eigenvalue weighted by atomic mass is 9.76. The van der Waals surface area contributed by atoms with E-state index in [1.54, 1.807) is 19.1 Å². The standard InChI is InChI=1S/C22H22FN3O3/c1-14(15-8-10-17(23)11-9-15)24-19(27)13-26-20(28)22(25-21(26)29)12-4-6-16-5-2-3-7-18(16)22/h2-3,5,7-11,14H,4,6,12-13H2,1H3,(H,24,27)(H,25,29)/t14-,22-/m0/s1. The van der Waals surface area contributed by atoms with E-state index in [-0.39, 0.29) is 24.3 Å². The van der Waals surface area contributed by atoms with Gasteiger partial charge in [0.2, 0.25) is 5.91 Å². The number of nitrogens with zero attached hydrogens (tertiary/aromatic N) is 1. The molecule has 6 nitrogen and oxygen atoms in total. The molecule has 7 heteroatoms. The van der Waals surface area contributed by atoms with Crippen LogP contribution < -0.4 is 10.6 Å². The Morgan fingerprint density at radius 2 is 1.93 bits per heavy atom. The fourth-order valence-electron chi connectivity index (χ4n) is 4.22. The molecule has 2 aromatic carbocycles. The van der Waals surface area contributed by atoms with Gasteiger partial charge in [0, 0.05) is 0 Å². The first-order valence-corrected chi connectivity index (χ1v) is 9.68. The molecule has 2 aromatic rings. The maximum absolute atomic E-state index is 13.2. The molecule has 2 aliphatic rings. The predicted molar refractivity (Wildman–Crippen MR) is 104 cm³/mol. The summed E-state index contributed by atoms with van der Waals surface area (Å²) in [5.74, 6) is -1.20. The summed E-state index contributed by atoms with van der Waals surface area (Å²) in [5.41, 5.74) is 1.50. The van der Waals surface area contributed by atoms with Gasteiger partial charge in [-0.2, -0.15) is 0 Å². The number of carbonyl (C=O) groups excluding carboxylic acids is 3. The average Bonchev–Trinajstić information content (AvgIpc) is 2.93. The van der Waals surface area contributed by atoms with Crippen molar-refractivity contribution in [1.82, 2.24) is 15.5 Å². The zero-order chi connectivity index (χ0) is 20.6. The minimum Gasteiger partial charge on any atom is -0.348 e. The van der Waals surface area contributed by atoms with E-state index in [9.17, 15) is 18.8 Å². The normalized spacial score (nSPS) is 21.7. The Balaban J connectivity index is 1.49. The van der Waals surface area contributed by atoms with Crippen LogP contribution in [0.15, 0.2) is 48.5 Å². The van der Waals surface area contributed by atoms with Crippen LogP contribution in [0.3, 0.4) is 0 Å². The molecule has 1 aliphatic heterocycles. The van der Waals surface area contributed by atoms with Crippen molar-refractivity contribution in [3.05, 3.63) is 71.0 Å². The summed E-state index contributed by atoms with van der Waals surface area (Å²) in [6, 6.07) is 12.5. The van der Waals surface area contributed by atoms with Crippen molar-refractivity contribution in [3.8, 4) is 0 Å². The fraction of sp³-hybridized carbons (Fsp3) is 0.318. The van der Waals surface area contributed by atoms with Crippen molar-refractivity contribution in [2.24, 2.45) is 0 Å². The number of imide groups is 1. The van der Waals surface area contributed by atoms with E-state index >= 15 is 0 Å². The van der Waals surface area contributed by atoms with Crippen molar-refractivity contribution in [2.45, 2.75) is 37.8 Å². The van der Waals surface area contributed by atoms with E-state index in [0.717, 1.165) is 34.4 Å². The highest BCUT2D eigenvalue weighted by Crippen LogP contribution is 2.39. The Morgan fingerprint density at radius 1 is 1.21 bits per heavy atom. The van der Waals surface area contributed by atoms with Gasteiger partial charge in [-0.15, -0.1) is 0 Å². The van der Waals surface area contributed by atoms with E-state index in [0.29, 0.717) is 6.42 Å². The van der Waals surface area contributed by atoms with Gasteiger partial charge in [-0.05, 0) is 55.0 Å². The second-order valence-electron chi connectivity index (χ2n) is 7.58. The number of fused-ring (bicyclic) bond motifs is 2. The Labute approximate surface area is 168 Å². The monoisotopic (exact) mass is 395 g/mol. The summed E-state index contributed by atoms with van der Waals surface area (Å²) < 4.78 is 13.1. The smallest absolute Gasteiger partial charge is 0.325 e. The quantitative estimate of drug-likeness (QED) is 0.782. The Hall–Kier alpha value is -3.22. The number of halogens is 1. The third-order valence-corrected chi connectivity index (χ3v) is 5.70. The number of amides is 4. The molecule has 0 saturated carbocycles. The highest BCUT2D eigenvalue weighted by molar-refractivity contribution is 6.09. The lowest BCUT2D eigenvalue weighted by Gasteiger charge is -2.33. The summed E-state index contributed by atoms with van der Waals surface area (Å²) in [6.07, 6.45) is 2.15. The summed E-state index contributed by atoms with van der Waals surface area (Å²) in [4.78, 5) is 39.3. The van der Waals surface area contributed by atoms with Crippen molar-refractivity contribution in [3.63, 3.8) is 0 Å². The number of aryl methyl sites for hydroxylation is 1. The molecule has 0 bridgehead atoms. The maximum Gasteiger partial charge on any atom is 0.325 e. The molecule has 1 heterocycles. The molecule has 0 unspecified atom stereocenters. The summed E-state index contributed by atoms with van der Waals surface area (Å²) in [6.45, 7) is 1.40. The number of nitrogens with one attached hydrogen (secondary N) is 2. The van der Waals surface area contributed by atoms with Crippen molar-refractivity contribution >= 4 is 17.8 Å². The number of benzene rings is 2. The van der Waals surface area contributed by atoms with Crippen molar-refractivity contribution < 1.29 is 18.8 Å². The third-order valence-electron chi connectivity index (χ3n) is 5.70. The number of hydrogen-bond donors (Lipinski definition) is 2. The molecule has 29 heavy (non-hydrogen) atoms. The fourth-order valence-corrected chi connectivity index (χ4v) is 4.22. The second kappa shape index (κ2) is 7.31. The van der Waals surface area contributed by atoms with Gasteiger partial charge in [0.15, 0.2) is 0 Å². The van der Waals surface area contributed by atoms with Crippen LogP contribution in [0.1, 0.15) is 42.5 Å². The lowest BCUT2D eigenvalue weighted by molar-refractivity contribution is -0.135. The van der Waals surface area contributed by atoms with Gasteiger partial charge >= 0.3 is 6.03 Å². The van der Waals surface area contributed by atoms with Crippen LogP contribution in [0.4, 0.5) is 9.18 Å². The highest BCUT2D eigenvalue weighted by atomic mass is 19.1. The zero-order valence-electron chi connectivity index (χ0n) is 16.1. The molecule has 1 aliphatic carbocycles. The first kappa shape index (κ1) is 19.1. The van der Waals surface area contributed by atoms with Crippen LogP contribution in [-0.4, -0.2) is 29.3 Å². The van der Waals surface area contributed by atoms with Gasteiger partial charge < -0.3 is 10.6 Å². The van der Waals surface area contributed by atoms with Gasteiger partial charge in [0.25, 0.3) is 5.91 Å². The number of urea groups is 1. The SMILES string of the molecule is C[C@H](NC(=O)CN1C(=O)N[C@]2(CCCc3ccccc32)C1=O)c1ccc(F)cc1. The molecular formula is C22H22FN3O3. The van der Waals surface area contributed by atoms with E-state index in [4.69, 9.17) is 0 Å². The first-order chi connectivity index (χ1) is 13.9. The van der Waals surface area contributed by atoms with Gasteiger partial charge in [-0.25, -0.2) is 9.18 Å². The van der Waals surface area contributed by atoms with Crippen molar-refractivity contribution in [1.29, 1.82) is 0 Å². The summed E-state index contributed by atoms with van der Waals surface area (Å²) in [5, 5.41) is 5.60. The zero-order valence-corrected chi connectivity index (χ0v) is 16.1. The molecule has 4 rings (SSSR count). The molecule has 0 radical (unpaired) electrons.